The molecule has 0 bridgehead atoms. The van der Waals surface area contributed by atoms with Gasteiger partial charge in [-0.25, -0.2) is 0 Å². The molecule has 0 aliphatic rings. The summed E-state index contributed by atoms with van der Waals surface area (Å²) in [5, 5.41) is 14.8. The number of oxime groups is 1. The third-order valence-electron chi connectivity index (χ3n) is 3.10. The van der Waals surface area contributed by atoms with Crippen LogP contribution in [0.4, 0.5) is 0 Å². The second kappa shape index (κ2) is 8.27. The van der Waals surface area contributed by atoms with Crippen LogP contribution in [0.25, 0.3) is 0 Å². The van der Waals surface area contributed by atoms with Crippen molar-refractivity contribution >= 4 is 5.84 Å². The summed E-state index contributed by atoms with van der Waals surface area (Å²) in [5.74, 6) is 1.69. The molecule has 4 N–H and O–H groups in total. The van der Waals surface area contributed by atoms with E-state index in [1.807, 2.05) is 18.2 Å². The maximum atomic E-state index is 8.45. The van der Waals surface area contributed by atoms with Crippen LogP contribution in [0.2, 0.25) is 0 Å². The van der Waals surface area contributed by atoms with Crippen LogP contribution < -0.4 is 20.5 Å². The zero-order valence-corrected chi connectivity index (χ0v) is 12.2. The molecule has 0 aliphatic carbocycles. The first kappa shape index (κ1) is 16.1. The molecule has 0 fully saturated rings. The molecule has 1 aromatic rings. The van der Waals surface area contributed by atoms with Crippen molar-refractivity contribution in [3.8, 4) is 11.5 Å². The second-order valence-corrected chi connectivity index (χ2v) is 4.49. The minimum absolute atomic E-state index is 0.182. The van der Waals surface area contributed by atoms with Crippen molar-refractivity contribution in [1.29, 1.82) is 0 Å². The molecule has 1 unspecified atom stereocenters. The van der Waals surface area contributed by atoms with Gasteiger partial charge in [-0.05, 0) is 37.6 Å². The molecular formula is C14H23N3O3. The molecule has 0 spiro atoms. The van der Waals surface area contributed by atoms with E-state index in [0.717, 1.165) is 30.0 Å². The number of amidine groups is 1. The van der Waals surface area contributed by atoms with Gasteiger partial charge in [-0.2, -0.15) is 0 Å². The van der Waals surface area contributed by atoms with E-state index in [-0.39, 0.29) is 11.9 Å². The highest BCUT2D eigenvalue weighted by molar-refractivity contribution is 5.79. The van der Waals surface area contributed by atoms with Gasteiger partial charge in [0.05, 0.1) is 14.2 Å². The minimum Gasteiger partial charge on any atom is -0.493 e. The average molecular weight is 281 g/mol. The molecule has 0 saturated heterocycles. The van der Waals surface area contributed by atoms with Crippen molar-refractivity contribution in [2.24, 2.45) is 10.9 Å². The van der Waals surface area contributed by atoms with Gasteiger partial charge in [-0.15, -0.1) is 0 Å². The van der Waals surface area contributed by atoms with E-state index in [1.54, 1.807) is 14.2 Å². The summed E-state index contributed by atoms with van der Waals surface area (Å²) >= 11 is 0. The van der Waals surface area contributed by atoms with Crippen LogP contribution in [0.15, 0.2) is 23.4 Å². The van der Waals surface area contributed by atoms with Gasteiger partial charge in [-0.1, -0.05) is 11.2 Å². The number of methoxy groups -OCH3 is 2. The molecule has 6 heteroatoms. The largest absolute Gasteiger partial charge is 0.493 e. The summed E-state index contributed by atoms with van der Waals surface area (Å²) < 4.78 is 10.5. The van der Waals surface area contributed by atoms with E-state index in [4.69, 9.17) is 20.4 Å². The third kappa shape index (κ3) is 4.62. The van der Waals surface area contributed by atoms with Gasteiger partial charge < -0.3 is 25.7 Å². The number of nitrogens with one attached hydrogen (secondary N) is 1. The Hall–Kier alpha value is -1.95. The molecule has 1 atom stereocenters. The molecule has 0 aliphatic heterocycles. The topological polar surface area (TPSA) is 89.1 Å². The molecule has 1 rings (SSSR count). The van der Waals surface area contributed by atoms with Crippen molar-refractivity contribution in [3.63, 3.8) is 0 Å². The van der Waals surface area contributed by atoms with E-state index in [0.29, 0.717) is 6.42 Å². The van der Waals surface area contributed by atoms with Crippen LogP contribution in [-0.4, -0.2) is 31.8 Å². The van der Waals surface area contributed by atoms with Crippen LogP contribution in [0.3, 0.4) is 0 Å². The number of benzene rings is 1. The summed E-state index contributed by atoms with van der Waals surface area (Å²) in [6.45, 7) is 2.86. The van der Waals surface area contributed by atoms with E-state index in [2.05, 4.69) is 17.4 Å². The van der Waals surface area contributed by atoms with E-state index in [9.17, 15) is 0 Å². The van der Waals surface area contributed by atoms with Crippen molar-refractivity contribution in [3.05, 3.63) is 23.8 Å². The summed E-state index contributed by atoms with van der Waals surface area (Å²) in [5.41, 5.74) is 6.53. The highest BCUT2D eigenvalue weighted by atomic mass is 16.5. The van der Waals surface area contributed by atoms with Gasteiger partial charge in [0.15, 0.2) is 11.5 Å². The third-order valence-corrected chi connectivity index (χ3v) is 3.10. The highest BCUT2D eigenvalue weighted by Crippen LogP contribution is 2.29. The summed E-state index contributed by atoms with van der Waals surface area (Å²) in [6, 6.07) is 6.04. The number of rotatable bonds is 8. The summed E-state index contributed by atoms with van der Waals surface area (Å²) in [4.78, 5) is 0. The van der Waals surface area contributed by atoms with Crippen LogP contribution >= 0.6 is 0 Å². The van der Waals surface area contributed by atoms with Gasteiger partial charge in [-0.3, -0.25) is 0 Å². The fourth-order valence-corrected chi connectivity index (χ4v) is 1.88. The summed E-state index contributed by atoms with van der Waals surface area (Å²) in [6.07, 6.45) is 1.38. The Labute approximate surface area is 119 Å². The molecule has 1 aromatic carbocycles. The smallest absolute Gasteiger partial charge is 0.161 e. The first-order valence-electron chi connectivity index (χ1n) is 6.54. The van der Waals surface area contributed by atoms with Crippen LogP contribution in [0.1, 0.15) is 31.4 Å². The fourth-order valence-electron chi connectivity index (χ4n) is 1.88. The molecule has 0 radical (unpaired) electrons. The van der Waals surface area contributed by atoms with Crippen LogP contribution in [0.5, 0.6) is 11.5 Å². The van der Waals surface area contributed by atoms with E-state index < -0.39 is 0 Å². The molecule has 0 heterocycles. The Morgan fingerprint density at radius 3 is 2.65 bits per heavy atom. The fraction of sp³-hybridized carbons (Fsp3) is 0.500. The van der Waals surface area contributed by atoms with E-state index >= 15 is 0 Å². The molecule has 112 valence electrons. The number of nitrogens with two attached hydrogens (primary N) is 1. The zero-order chi connectivity index (χ0) is 15.0. The Bertz CT molecular complexity index is 449. The monoisotopic (exact) mass is 281 g/mol. The molecule has 0 amide bonds. The normalized spacial score (nSPS) is 13.1. The van der Waals surface area contributed by atoms with Gasteiger partial charge in [0.1, 0.15) is 5.84 Å². The second-order valence-electron chi connectivity index (χ2n) is 4.49. The maximum Gasteiger partial charge on any atom is 0.161 e. The number of ether oxygens (including phenoxy) is 2. The van der Waals surface area contributed by atoms with Crippen molar-refractivity contribution in [2.75, 3.05) is 20.8 Å². The van der Waals surface area contributed by atoms with Crippen molar-refractivity contribution < 1.29 is 14.7 Å². The molecule has 6 nitrogen and oxygen atoms in total. The SMILES string of the molecule is COc1ccc(C(C)NCCCC(N)=NO)cc1OC. The van der Waals surface area contributed by atoms with Crippen molar-refractivity contribution in [2.45, 2.75) is 25.8 Å². The molecule has 20 heavy (non-hydrogen) atoms. The minimum atomic E-state index is 0.182. The highest BCUT2D eigenvalue weighted by Gasteiger charge is 2.09. The molecule has 0 saturated carbocycles. The first-order valence-corrected chi connectivity index (χ1v) is 6.54. The molecular weight excluding hydrogens is 258 g/mol. The van der Waals surface area contributed by atoms with Gasteiger partial charge in [0.25, 0.3) is 0 Å². The number of nitrogens with zero attached hydrogens (tertiary/aromatic N) is 1. The number of hydrogen-bond donors (Lipinski definition) is 3. The maximum absolute atomic E-state index is 8.45. The predicted molar refractivity (Wildman–Crippen MR) is 78.6 cm³/mol. The Balaban J connectivity index is 2.53. The Kier molecular flexibility index (Phi) is 6.66. The zero-order valence-electron chi connectivity index (χ0n) is 12.2. The lowest BCUT2D eigenvalue weighted by Gasteiger charge is -2.16. The lowest BCUT2D eigenvalue weighted by atomic mass is 10.1. The lowest BCUT2D eigenvalue weighted by molar-refractivity contribution is 0.316. The lowest BCUT2D eigenvalue weighted by Crippen LogP contribution is -2.22. The van der Waals surface area contributed by atoms with Crippen LogP contribution in [0, 0.1) is 0 Å². The predicted octanol–water partition coefficient (Wildman–Crippen LogP) is 1.88. The van der Waals surface area contributed by atoms with Crippen molar-refractivity contribution in [1.82, 2.24) is 5.32 Å². The Morgan fingerprint density at radius 1 is 1.35 bits per heavy atom. The number of hydrogen-bond acceptors (Lipinski definition) is 5. The van der Waals surface area contributed by atoms with Crippen LogP contribution in [-0.2, 0) is 0 Å². The summed E-state index contributed by atoms with van der Waals surface area (Å²) in [7, 11) is 3.24. The standard InChI is InChI=1S/C14H23N3O3/c1-10(16-8-4-5-14(15)17-18)11-6-7-12(19-2)13(9-11)20-3/h6-7,9-10,16,18H,4-5,8H2,1-3H3,(H2,15,17). The van der Waals surface area contributed by atoms with Gasteiger partial charge in [0.2, 0.25) is 0 Å². The molecule has 0 aromatic heterocycles. The average Bonchev–Trinajstić information content (AvgIpc) is 2.50. The van der Waals surface area contributed by atoms with E-state index in [1.165, 1.54) is 0 Å². The first-order chi connectivity index (χ1) is 9.62. The Morgan fingerprint density at radius 2 is 2.05 bits per heavy atom. The quantitative estimate of drug-likeness (QED) is 0.222. The van der Waals surface area contributed by atoms with Gasteiger partial charge >= 0.3 is 0 Å². The van der Waals surface area contributed by atoms with Gasteiger partial charge in [0, 0.05) is 12.5 Å².